The summed E-state index contributed by atoms with van der Waals surface area (Å²) in [5.41, 5.74) is 1.03. The van der Waals surface area contributed by atoms with E-state index in [9.17, 15) is 4.79 Å². The number of carbonyl (C=O) groups is 1. The summed E-state index contributed by atoms with van der Waals surface area (Å²) in [6.45, 7) is 8.71. The zero-order chi connectivity index (χ0) is 19.6. The van der Waals surface area contributed by atoms with Crippen molar-refractivity contribution >= 4 is 11.9 Å². The second-order valence-electron chi connectivity index (χ2n) is 7.13. The minimum absolute atomic E-state index is 0.294. The summed E-state index contributed by atoms with van der Waals surface area (Å²) in [4.78, 5) is 18.2. The maximum absolute atomic E-state index is 11.9. The molecule has 27 heavy (non-hydrogen) atoms. The third-order valence-corrected chi connectivity index (χ3v) is 5.43. The standard InChI is InChI=1S/C20H35N5O2/c1-5-15(6-2)18-13-17(27-24-18)14-23-20(21-4)22-11-10-16(7-3)25-12-8-9-19(25)26/h13,15-16H,5-12,14H2,1-4H3,(H2,21,22,23). The minimum Gasteiger partial charge on any atom is -0.359 e. The molecule has 0 spiro atoms. The van der Waals surface area contributed by atoms with Crippen LogP contribution in [0.2, 0.25) is 0 Å². The lowest BCUT2D eigenvalue weighted by Crippen LogP contribution is -2.41. The Hall–Kier alpha value is -2.05. The quantitative estimate of drug-likeness (QED) is 0.484. The largest absolute Gasteiger partial charge is 0.359 e. The zero-order valence-corrected chi connectivity index (χ0v) is 17.3. The van der Waals surface area contributed by atoms with Crippen LogP contribution in [0.3, 0.4) is 0 Å². The van der Waals surface area contributed by atoms with Crippen LogP contribution in [-0.2, 0) is 11.3 Å². The van der Waals surface area contributed by atoms with Gasteiger partial charge in [-0.3, -0.25) is 9.79 Å². The van der Waals surface area contributed by atoms with Gasteiger partial charge < -0.3 is 20.1 Å². The van der Waals surface area contributed by atoms with Gasteiger partial charge in [0.1, 0.15) is 0 Å². The van der Waals surface area contributed by atoms with E-state index in [2.05, 4.69) is 41.6 Å². The van der Waals surface area contributed by atoms with Gasteiger partial charge in [-0.05, 0) is 32.1 Å². The Bertz CT molecular complexity index is 609. The maximum atomic E-state index is 11.9. The van der Waals surface area contributed by atoms with E-state index in [0.717, 1.165) is 62.6 Å². The zero-order valence-electron chi connectivity index (χ0n) is 17.3. The van der Waals surface area contributed by atoms with Gasteiger partial charge in [-0.1, -0.05) is 25.9 Å². The van der Waals surface area contributed by atoms with E-state index in [4.69, 9.17) is 4.52 Å². The molecule has 0 aliphatic carbocycles. The summed E-state index contributed by atoms with van der Waals surface area (Å²) in [6.07, 6.45) is 5.72. The predicted molar refractivity (Wildman–Crippen MR) is 108 cm³/mol. The van der Waals surface area contributed by atoms with Crippen LogP contribution in [0.25, 0.3) is 0 Å². The Balaban J connectivity index is 1.76. The van der Waals surface area contributed by atoms with Crippen LogP contribution in [0.4, 0.5) is 0 Å². The molecule has 7 nitrogen and oxygen atoms in total. The van der Waals surface area contributed by atoms with Crippen molar-refractivity contribution < 1.29 is 9.32 Å². The number of hydrogen-bond donors (Lipinski definition) is 2. The SMILES string of the molecule is CCC(CC)c1cc(CNC(=NC)NCCC(CC)N2CCCC2=O)on1. The van der Waals surface area contributed by atoms with Crippen molar-refractivity contribution in [2.45, 2.75) is 77.8 Å². The summed E-state index contributed by atoms with van der Waals surface area (Å²) in [7, 11) is 1.76. The average molecular weight is 378 g/mol. The lowest BCUT2D eigenvalue weighted by atomic mass is 9.99. The highest BCUT2D eigenvalue weighted by Gasteiger charge is 2.26. The first kappa shape index (κ1) is 21.3. The Kier molecular flexibility index (Phi) is 8.61. The van der Waals surface area contributed by atoms with Gasteiger partial charge in [-0.25, -0.2) is 0 Å². The lowest BCUT2D eigenvalue weighted by Gasteiger charge is -2.27. The summed E-state index contributed by atoms with van der Waals surface area (Å²) in [5, 5.41) is 10.8. The molecule has 2 rings (SSSR count). The molecule has 1 amide bonds. The summed E-state index contributed by atoms with van der Waals surface area (Å²) in [6, 6.07) is 2.34. The van der Waals surface area contributed by atoms with E-state index < -0.39 is 0 Å². The van der Waals surface area contributed by atoms with Crippen LogP contribution in [-0.4, -0.2) is 48.1 Å². The third kappa shape index (κ3) is 5.97. The Labute approximate surface area is 163 Å². The van der Waals surface area contributed by atoms with Gasteiger partial charge in [0.2, 0.25) is 5.91 Å². The molecule has 2 N–H and O–H groups in total. The molecule has 1 aliphatic heterocycles. The molecule has 1 unspecified atom stereocenters. The number of carbonyl (C=O) groups excluding carboxylic acids is 1. The molecule has 0 radical (unpaired) electrons. The van der Waals surface area contributed by atoms with Gasteiger partial charge >= 0.3 is 0 Å². The summed E-state index contributed by atoms with van der Waals surface area (Å²) in [5.74, 6) is 2.30. The van der Waals surface area contributed by atoms with E-state index in [0.29, 0.717) is 30.8 Å². The van der Waals surface area contributed by atoms with Crippen LogP contribution in [0, 0.1) is 0 Å². The van der Waals surface area contributed by atoms with Crippen molar-refractivity contribution in [1.29, 1.82) is 0 Å². The fourth-order valence-electron chi connectivity index (χ4n) is 3.70. The van der Waals surface area contributed by atoms with Crippen molar-refractivity contribution in [2.75, 3.05) is 20.1 Å². The van der Waals surface area contributed by atoms with Crippen molar-refractivity contribution in [3.05, 3.63) is 17.5 Å². The number of likely N-dealkylation sites (tertiary alicyclic amines) is 1. The first-order valence-corrected chi connectivity index (χ1v) is 10.3. The molecule has 1 aliphatic rings. The summed E-state index contributed by atoms with van der Waals surface area (Å²) < 4.78 is 5.44. The van der Waals surface area contributed by atoms with E-state index in [1.807, 2.05) is 11.0 Å². The van der Waals surface area contributed by atoms with Crippen molar-refractivity contribution in [1.82, 2.24) is 20.7 Å². The second kappa shape index (κ2) is 10.9. The fraction of sp³-hybridized carbons (Fsp3) is 0.750. The molecule has 1 saturated heterocycles. The normalized spacial score (nSPS) is 16.3. The van der Waals surface area contributed by atoms with Gasteiger partial charge in [-0.15, -0.1) is 0 Å². The highest BCUT2D eigenvalue weighted by molar-refractivity contribution is 5.79. The van der Waals surface area contributed by atoms with Crippen molar-refractivity contribution in [3.8, 4) is 0 Å². The number of aromatic nitrogens is 1. The van der Waals surface area contributed by atoms with Crippen LogP contribution < -0.4 is 10.6 Å². The minimum atomic E-state index is 0.294. The van der Waals surface area contributed by atoms with Crippen LogP contribution in [0.5, 0.6) is 0 Å². The number of aliphatic imine (C=N–C) groups is 1. The van der Waals surface area contributed by atoms with Crippen molar-refractivity contribution in [3.63, 3.8) is 0 Å². The number of amides is 1. The van der Waals surface area contributed by atoms with Crippen LogP contribution in [0.15, 0.2) is 15.6 Å². The van der Waals surface area contributed by atoms with E-state index in [-0.39, 0.29) is 0 Å². The lowest BCUT2D eigenvalue weighted by molar-refractivity contribution is -0.129. The first-order valence-electron chi connectivity index (χ1n) is 10.3. The highest BCUT2D eigenvalue weighted by Crippen LogP contribution is 2.22. The van der Waals surface area contributed by atoms with Gasteiger partial charge in [0.05, 0.1) is 12.2 Å². The molecule has 7 heteroatoms. The number of guanidine groups is 1. The van der Waals surface area contributed by atoms with E-state index in [1.54, 1.807) is 7.05 Å². The maximum Gasteiger partial charge on any atom is 0.222 e. The first-order chi connectivity index (χ1) is 13.1. The monoisotopic (exact) mass is 377 g/mol. The molecular weight excluding hydrogens is 342 g/mol. The van der Waals surface area contributed by atoms with Crippen molar-refractivity contribution in [2.24, 2.45) is 4.99 Å². The Morgan fingerprint density at radius 3 is 2.67 bits per heavy atom. The Morgan fingerprint density at radius 1 is 1.30 bits per heavy atom. The van der Waals surface area contributed by atoms with Crippen LogP contribution >= 0.6 is 0 Å². The van der Waals surface area contributed by atoms with E-state index >= 15 is 0 Å². The third-order valence-electron chi connectivity index (χ3n) is 5.43. The van der Waals surface area contributed by atoms with Crippen LogP contribution in [0.1, 0.15) is 76.7 Å². The number of nitrogens with one attached hydrogen (secondary N) is 2. The van der Waals surface area contributed by atoms with Gasteiger partial charge in [-0.2, -0.15) is 0 Å². The molecule has 0 saturated carbocycles. The molecular formula is C20H35N5O2. The number of hydrogen-bond acceptors (Lipinski definition) is 4. The number of rotatable bonds is 10. The topological polar surface area (TPSA) is 82.8 Å². The molecule has 1 aromatic heterocycles. The molecule has 152 valence electrons. The number of nitrogens with zero attached hydrogens (tertiary/aromatic N) is 3. The smallest absolute Gasteiger partial charge is 0.222 e. The van der Waals surface area contributed by atoms with E-state index in [1.165, 1.54) is 0 Å². The molecule has 1 atom stereocenters. The average Bonchev–Trinajstić information content (AvgIpc) is 3.32. The van der Waals surface area contributed by atoms with Gasteiger partial charge in [0.25, 0.3) is 0 Å². The second-order valence-corrected chi connectivity index (χ2v) is 7.13. The molecule has 1 aromatic rings. The molecule has 0 aromatic carbocycles. The Morgan fingerprint density at radius 2 is 2.07 bits per heavy atom. The molecule has 0 bridgehead atoms. The highest BCUT2D eigenvalue weighted by atomic mass is 16.5. The molecule has 1 fully saturated rings. The molecule has 2 heterocycles. The predicted octanol–water partition coefficient (Wildman–Crippen LogP) is 3.03. The summed E-state index contributed by atoms with van der Waals surface area (Å²) >= 11 is 0. The van der Waals surface area contributed by atoms with Gasteiger partial charge in [0, 0.05) is 44.6 Å². The fourth-order valence-corrected chi connectivity index (χ4v) is 3.70. The van der Waals surface area contributed by atoms with Gasteiger partial charge in [0.15, 0.2) is 11.7 Å².